The van der Waals surface area contributed by atoms with Crippen molar-refractivity contribution in [1.82, 2.24) is 4.98 Å². The van der Waals surface area contributed by atoms with Crippen LogP contribution in [0.2, 0.25) is 0 Å². The lowest BCUT2D eigenvalue weighted by atomic mass is 10.2. The number of aliphatic hydroxyl groups is 1. The molecule has 20 heavy (non-hydrogen) atoms. The predicted molar refractivity (Wildman–Crippen MR) is 71.5 cm³/mol. The van der Waals surface area contributed by atoms with Crippen LogP contribution in [0.1, 0.15) is 22.8 Å². The molecule has 0 aliphatic rings. The van der Waals surface area contributed by atoms with Crippen LogP contribution < -0.4 is 4.74 Å². The van der Waals surface area contributed by atoms with Crippen LogP contribution in [0.4, 0.5) is 4.39 Å². The molecule has 0 saturated heterocycles. The first-order valence-electron chi connectivity index (χ1n) is 6.20. The number of rotatable bonds is 5. The van der Waals surface area contributed by atoms with E-state index < -0.39 is 18.2 Å². The highest BCUT2D eigenvalue weighted by molar-refractivity contribution is 5.96. The molecule has 1 aromatic carbocycles. The second kappa shape index (κ2) is 6.25. The molecular weight excluding hydrogens is 261 g/mol. The van der Waals surface area contributed by atoms with Crippen LogP contribution in [0.3, 0.4) is 0 Å². The zero-order valence-corrected chi connectivity index (χ0v) is 11.0. The van der Waals surface area contributed by atoms with Crippen LogP contribution in [-0.2, 0) is 6.42 Å². The number of Topliss-reactive ketones (excluding diaryl/α,β-unsaturated/α-hetero) is 1. The highest BCUT2D eigenvalue weighted by Crippen LogP contribution is 2.23. The third kappa shape index (κ3) is 3.19. The Morgan fingerprint density at radius 3 is 2.60 bits per heavy atom. The maximum absolute atomic E-state index is 13.8. The van der Waals surface area contributed by atoms with E-state index in [1.165, 1.54) is 6.20 Å². The number of aryl methyl sites for hydroxylation is 1. The zero-order valence-electron chi connectivity index (χ0n) is 11.0. The summed E-state index contributed by atoms with van der Waals surface area (Å²) in [6, 6.07) is 8.23. The summed E-state index contributed by atoms with van der Waals surface area (Å²) in [7, 11) is 0. The zero-order chi connectivity index (χ0) is 14.5. The molecule has 0 spiro atoms. The molecule has 104 valence electrons. The van der Waals surface area contributed by atoms with Gasteiger partial charge in [-0.1, -0.05) is 19.1 Å². The van der Waals surface area contributed by atoms with Gasteiger partial charge in [0.2, 0.25) is 0 Å². The van der Waals surface area contributed by atoms with Crippen molar-refractivity contribution in [2.75, 3.05) is 6.61 Å². The van der Waals surface area contributed by atoms with Crippen molar-refractivity contribution >= 4 is 5.78 Å². The van der Waals surface area contributed by atoms with Crippen LogP contribution in [0.25, 0.3) is 0 Å². The second-order valence-electron chi connectivity index (χ2n) is 4.19. The quantitative estimate of drug-likeness (QED) is 0.852. The van der Waals surface area contributed by atoms with E-state index >= 15 is 0 Å². The summed E-state index contributed by atoms with van der Waals surface area (Å²) in [5, 5.41) is 8.70. The lowest BCUT2D eigenvalue weighted by Crippen LogP contribution is -2.06. The molecule has 0 aliphatic heterocycles. The molecule has 2 aromatic rings. The Hall–Kier alpha value is -2.27. The minimum Gasteiger partial charge on any atom is -0.436 e. The highest BCUT2D eigenvalue weighted by atomic mass is 19.1. The van der Waals surface area contributed by atoms with E-state index in [9.17, 15) is 9.18 Å². The smallest absolute Gasteiger partial charge is 0.255 e. The summed E-state index contributed by atoms with van der Waals surface area (Å²) < 4.78 is 19.1. The summed E-state index contributed by atoms with van der Waals surface area (Å²) in [6.07, 6.45) is 2.09. The van der Waals surface area contributed by atoms with E-state index in [2.05, 4.69) is 4.98 Å². The van der Waals surface area contributed by atoms with Crippen molar-refractivity contribution in [3.63, 3.8) is 0 Å². The standard InChI is InChI=1S/C15H14FNO3/c1-2-10-3-5-12(6-4-10)20-15-13(16)7-11(8-17-15)14(19)9-18/h3-8,18H,2,9H2,1H3. The molecule has 0 atom stereocenters. The monoisotopic (exact) mass is 275 g/mol. The van der Waals surface area contributed by atoms with Crippen molar-refractivity contribution in [3.05, 3.63) is 53.5 Å². The number of nitrogens with zero attached hydrogens (tertiary/aromatic N) is 1. The number of carbonyl (C=O) groups excluding carboxylic acids is 1. The van der Waals surface area contributed by atoms with Crippen molar-refractivity contribution in [2.24, 2.45) is 0 Å². The van der Waals surface area contributed by atoms with Crippen molar-refractivity contribution in [2.45, 2.75) is 13.3 Å². The Bertz CT molecular complexity index is 611. The summed E-state index contributed by atoms with van der Waals surface area (Å²) in [5.41, 5.74) is 1.16. The van der Waals surface area contributed by atoms with Gasteiger partial charge in [0.15, 0.2) is 11.6 Å². The number of aromatic nitrogens is 1. The number of benzene rings is 1. The van der Waals surface area contributed by atoms with E-state index in [4.69, 9.17) is 9.84 Å². The van der Waals surface area contributed by atoms with Crippen molar-refractivity contribution < 1.29 is 19.0 Å². The molecule has 0 amide bonds. The van der Waals surface area contributed by atoms with Crippen LogP contribution in [0.5, 0.6) is 11.6 Å². The molecule has 0 fully saturated rings. The number of hydrogen-bond donors (Lipinski definition) is 1. The van der Waals surface area contributed by atoms with Gasteiger partial charge < -0.3 is 9.84 Å². The Morgan fingerprint density at radius 1 is 1.35 bits per heavy atom. The van der Waals surface area contributed by atoms with Crippen LogP contribution in [-0.4, -0.2) is 22.5 Å². The van der Waals surface area contributed by atoms with Gasteiger partial charge in [-0.2, -0.15) is 0 Å². The minimum atomic E-state index is -0.746. The highest BCUT2D eigenvalue weighted by Gasteiger charge is 2.12. The van der Waals surface area contributed by atoms with Crippen molar-refractivity contribution in [3.8, 4) is 11.6 Å². The fourth-order valence-electron chi connectivity index (χ4n) is 1.65. The molecule has 0 aliphatic carbocycles. The van der Waals surface area contributed by atoms with E-state index in [0.717, 1.165) is 18.1 Å². The van der Waals surface area contributed by atoms with Gasteiger partial charge in [0.05, 0.1) is 0 Å². The van der Waals surface area contributed by atoms with Crippen LogP contribution >= 0.6 is 0 Å². The maximum Gasteiger partial charge on any atom is 0.255 e. The van der Waals surface area contributed by atoms with Gasteiger partial charge in [0, 0.05) is 11.8 Å². The fraction of sp³-hybridized carbons (Fsp3) is 0.200. The Balaban J connectivity index is 2.18. The van der Waals surface area contributed by atoms with Gasteiger partial charge in [-0.15, -0.1) is 0 Å². The molecule has 0 saturated carbocycles. The first-order valence-corrected chi connectivity index (χ1v) is 6.20. The Kier molecular flexibility index (Phi) is 4.42. The molecule has 2 rings (SSSR count). The number of aliphatic hydroxyl groups excluding tert-OH is 1. The van der Waals surface area contributed by atoms with E-state index in [-0.39, 0.29) is 11.4 Å². The molecule has 5 heteroatoms. The topological polar surface area (TPSA) is 59.4 Å². The lowest BCUT2D eigenvalue weighted by Gasteiger charge is -2.07. The molecule has 1 heterocycles. The van der Waals surface area contributed by atoms with Crippen LogP contribution in [0.15, 0.2) is 36.5 Å². The summed E-state index contributed by atoms with van der Waals surface area (Å²) in [5.74, 6) is -1.07. The van der Waals surface area contributed by atoms with E-state index in [1.54, 1.807) is 12.1 Å². The molecular formula is C15H14FNO3. The average Bonchev–Trinajstić information content (AvgIpc) is 2.49. The van der Waals surface area contributed by atoms with E-state index in [0.29, 0.717) is 5.75 Å². The first kappa shape index (κ1) is 14.1. The van der Waals surface area contributed by atoms with Crippen molar-refractivity contribution in [1.29, 1.82) is 0 Å². The summed E-state index contributed by atoms with van der Waals surface area (Å²) >= 11 is 0. The number of hydrogen-bond acceptors (Lipinski definition) is 4. The lowest BCUT2D eigenvalue weighted by molar-refractivity contribution is 0.0903. The van der Waals surface area contributed by atoms with Crippen LogP contribution in [0, 0.1) is 5.82 Å². The summed E-state index contributed by atoms with van der Waals surface area (Å²) in [6.45, 7) is 1.35. The third-order valence-corrected chi connectivity index (χ3v) is 2.82. The minimum absolute atomic E-state index is 0.0127. The second-order valence-corrected chi connectivity index (χ2v) is 4.19. The summed E-state index contributed by atoms with van der Waals surface area (Å²) in [4.78, 5) is 15.0. The Morgan fingerprint density at radius 2 is 2.05 bits per heavy atom. The molecule has 0 unspecified atom stereocenters. The molecule has 1 aromatic heterocycles. The molecule has 4 nitrogen and oxygen atoms in total. The molecule has 0 bridgehead atoms. The fourth-order valence-corrected chi connectivity index (χ4v) is 1.65. The SMILES string of the molecule is CCc1ccc(Oc2ncc(C(=O)CO)cc2F)cc1. The maximum atomic E-state index is 13.8. The number of ketones is 1. The number of carbonyl (C=O) groups is 1. The van der Waals surface area contributed by atoms with Gasteiger partial charge in [-0.05, 0) is 30.2 Å². The number of pyridine rings is 1. The number of ether oxygens (including phenoxy) is 1. The van der Waals surface area contributed by atoms with Gasteiger partial charge >= 0.3 is 0 Å². The molecule has 0 radical (unpaired) electrons. The normalized spacial score (nSPS) is 10.3. The van der Waals surface area contributed by atoms with Gasteiger partial charge in [-0.25, -0.2) is 9.37 Å². The molecule has 1 N–H and O–H groups in total. The van der Waals surface area contributed by atoms with E-state index in [1.807, 2.05) is 19.1 Å². The van der Waals surface area contributed by atoms with Gasteiger partial charge in [0.25, 0.3) is 5.88 Å². The Labute approximate surface area is 115 Å². The number of halogens is 1. The average molecular weight is 275 g/mol. The first-order chi connectivity index (χ1) is 9.63. The largest absolute Gasteiger partial charge is 0.436 e. The predicted octanol–water partition coefficient (Wildman–Crippen LogP) is 2.75. The van der Waals surface area contributed by atoms with Gasteiger partial charge in [0.1, 0.15) is 12.4 Å². The third-order valence-electron chi connectivity index (χ3n) is 2.82. The van der Waals surface area contributed by atoms with Gasteiger partial charge in [-0.3, -0.25) is 4.79 Å².